The second-order valence-electron chi connectivity index (χ2n) is 4.36. The van der Waals surface area contributed by atoms with Gasteiger partial charge < -0.3 is 15.4 Å². The van der Waals surface area contributed by atoms with E-state index in [0.29, 0.717) is 10.2 Å². The predicted octanol–water partition coefficient (Wildman–Crippen LogP) is 2.73. The summed E-state index contributed by atoms with van der Waals surface area (Å²) >= 11 is 3.25. The quantitative estimate of drug-likeness (QED) is 0.675. The first-order valence-electron chi connectivity index (χ1n) is 5.52. The van der Waals surface area contributed by atoms with Gasteiger partial charge in [0, 0.05) is 10.5 Å². The van der Waals surface area contributed by atoms with Crippen LogP contribution in [-0.2, 0) is 4.79 Å². The van der Waals surface area contributed by atoms with Gasteiger partial charge in [-0.3, -0.25) is 0 Å². The molecule has 2 rings (SSSR count). The van der Waals surface area contributed by atoms with Crippen molar-refractivity contribution < 1.29 is 9.18 Å². The van der Waals surface area contributed by atoms with Crippen LogP contribution in [0.3, 0.4) is 0 Å². The number of halogens is 2. The van der Waals surface area contributed by atoms with Gasteiger partial charge in [0.05, 0.1) is 17.4 Å². The molecule has 1 aliphatic rings. The zero-order chi connectivity index (χ0) is 12.6. The van der Waals surface area contributed by atoms with Crippen LogP contribution >= 0.6 is 15.9 Å². The van der Waals surface area contributed by atoms with E-state index in [2.05, 4.69) is 15.9 Å². The van der Waals surface area contributed by atoms with Crippen molar-refractivity contribution in [1.82, 2.24) is 0 Å². The monoisotopic (exact) mass is 300 g/mol. The van der Waals surface area contributed by atoms with E-state index in [-0.39, 0.29) is 17.8 Å². The highest BCUT2D eigenvalue weighted by molar-refractivity contribution is 9.10. The highest BCUT2D eigenvalue weighted by Gasteiger charge is 2.32. The molecule has 1 aliphatic heterocycles. The summed E-state index contributed by atoms with van der Waals surface area (Å²) in [5.74, 6) is -0.460. The zero-order valence-corrected chi connectivity index (χ0v) is 11.1. The second-order valence-corrected chi connectivity index (χ2v) is 5.27. The summed E-state index contributed by atoms with van der Waals surface area (Å²) in [7, 11) is 0. The van der Waals surface area contributed by atoms with Gasteiger partial charge in [-0.1, -0.05) is 15.9 Å². The molecular weight excluding hydrogens is 287 g/mol. The summed E-state index contributed by atoms with van der Waals surface area (Å²) in [6.07, 6.45) is 2.61. The van der Waals surface area contributed by atoms with Crippen molar-refractivity contribution in [3.8, 4) is 0 Å². The van der Waals surface area contributed by atoms with E-state index in [9.17, 15) is 9.18 Å². The summed E-state index contributed by atoms with van der Waals surface area (Å²) in [6, 6.07) is 3.08. The molecule has 1 aromatic rings. The van der Waals surface area contributed by atoms with Gasteiger partial charge in [-0.05, 0) is 31.9 Å². The van der Waals surface area contributed by atoms with Crippen LogP contribution in [0.25, 0.3) is 0 Å². The lowest BCUT2D eigenvalue weighted by Gasteiger charge is -2.29. The Labute approximate surface area is 108 Å². The van der Waals surface area contributed by atoms with E-state index in [1.165, 1.54) is 6.07 Å². The molecule has 0 bridgehead atoms. The predicted molar refractivity (Wildman–Crippen MR) is 69.5 cm³/mol. The van der Waals surface area contributed by atoms with Crippen molar-refractivity contribution in [2.45, 2.75) is 31.8 Å². The summed E-state index contributed by atoms with van der Waals surface area (Å²) in [5.41, 5.74) is 6.46. The lowest BCUT2D eigenvalue weighted by molar-refractivity contribution is -0.108. The number of nitrogens with two attached hydrogens (primary N) is 1. The minimum atomic E-state index is -0.460. The molecule has 0 radical (unpaired) electrons. The maximum atomic E-state index is 13.6. The number of anilines is 2. The summed E-state index contributed by atoms with van der Waals surface area (Å²) in [4.78, 5) is 12.9. The number of hydrogen-bond acceptors (Lipinski definition) is 3. The standard InChI is InChI=1S/C12H14BrFN2O/c1-7-2-3-9(6-17)16(7)11-5-8(13)4-10(14)12(11)15/h4-7,9H,2-3,15H2,1H3/t7-,9?/m1/s1. The molecule has 1 saturated heterocycles. The van der Waals surface area contributed by atoms with Crippen molar-refractivity contribution in [3.63, 3.8) is 0 Å². The number of hydrogen-bond donors (Lipinski definition) is 1. The Morgan fingerprint density at radius 1 is 1.53 bits per heavy atom. The second kappa shape index (κ2) is 4.64. The van der Waals surface area contributed by atoms with Crippen LogP contribution in [-0.4, -0.2) is 18.4 Å². The Kier molecular flexibility index (Phi) is 3.38. The highest BCUT2D eigenvalue weighted by Crippen LogP contribution is 2.36. The Morgan fingerprint density at radius 2 is 2.24 bits per heavy atom. The summed E-state index contributed by atoms with van der Waals surface area (Å²) in [6.45, 7) is 2.02. The molecule has 1 fully saturated rings. The third kappa shape index (κ3) is 2.16. The van der Waals surface area contributed by atoms with E-state index in [4.69, 9.17) is 5.73 Å². The third-order valence-electron chi connectivity index (χ3n) is 3.22. The summed E-state index contributed by atoms with van der Waals surface area (Å²) < 4.78 is 14.2. The molecule has 3 nitrogen and oxygen atoms in total. The number of carbonyl (C=O) groups excluding carboxylic acids is 1. The molecule has 1 unspecified atom stereocenters. The first-order valence-corrected chi connectivity index (χ1v) is 6.32. The van der Waals surface area contributed by atoms with Crippen LogP contribution in [0.2, 0.25) is 0 Å². The molecule has 17 heavy (non-hydrogen) atoms. The van der Waals surface area contributed by atoms with Gasteiger partial charge in [0.2, 0.25) is 0 Å². The first kappa shape index (κ1) is 12.4. The van der Waals surface area contributed by atoms with Crippen LogP contribution in [0, 0.1) is 5.82 Å². The van der Waals surface area contributed by atoms with E-state index in [1.54, 1.807) is 6.07 Å². The minimum Gasteiger partial charge on any atom is -0.395 e. The molecule has 5 heteroatoms. The number of rotatable bonds is 2. The van der Waals surface area contributed by atoms with Gasteiger partial charge in [0.25, 0.3) is 0 Å². The first-order chi connectivity index (χ1) is 8.04. The average molecular weight is 301 g/mol. The topological polar surface area (TPSA) is 46.3 Å². The Bertz CT molecular complexity index is 452. The van der Waals surface area contributed by atoms with Crippen LogP contribution in [0.5, 0.6) is 0 Å². The highest BCUT2D eigenvalue weighted by atomic mass is 79.9. The van der Waals surface area contributed by atoms with Crippen molar-refractivity contribution >= 4 is 33.6 Å². The molecule has 0 aliphatic carbocycles. The SMILES string of the molecule is C[C@@H]1CCC(C=O)N1c1cc(Br)cc(F)c1N. The third-order valence-corrected chi connectivity index (χ3v) is 3.68. The molecule has 0 aromatic heterocycles. The van der Waals surface area contributed by atoms with E-state index < -0.39 is 5.82 Å². The fourth-order valence-electron chi connectivity index (χ4n) is 2.35. The van der Waals surface area contributed by atoms with Crippen molar-refractivity contribution in [1.29, 1.82) is 0 Å². The molecule has 92 valence electrons. The lowest BCUT2D eigenvalue weighted by atomic mass is 10.2. The molecule has 0 amide bonds. The zero-order valence-electron chi connectivity index (χ0n) is 9.49. The number of aldehydes is 1. The van der Waals surface area contributed by atoms with Gasteiger partial charge >= 0.3 is 0 Å². The normalized spacial score (nSPS) is 24.1. The smallest absolute Gasteiger partial charge is 0.149 e. The number of nitrogens with zero attached hydrogens (tertiary/aromatic N) is 1. The van der Waals surface area contributed by atoms with Gasteiger partial charge in [0.15, 0.2) is 0 Å². The van der Waals surface area contributed by atoms with E-state index in [0.717, 1.165) is 19.1 Å². The van der Waals surface area contributed by atoms with Crippen LogP contribution in [0.4, 0.5) is 15.8 Å². The molecule has 2 N–H and O–H groups in total. The Morgan fingerprint density at radius 3 is 2.88 bits per heavy atom. The van der Waals surface area contributed by atoms with E-state index in [1.807, 2.05) is 11.8 Å². The van der Waals surface area contributed by atoms with Crippen molar-refractivity contribution in [3.05, 3.63) is 22.4 Å². The van der Waals surface area contributed by atoms with Gasteiger partial charge in [-0.15, -0.1) is 0 Å². The van der Waals surface area contributed by atoms with E-state index >= 15 is 0 Å². The lowest BCUT2D eigenvalue weighted by Crippen LogP contribution is -2.36. The van der Waals surface area contributed by atoms with Crippen molar-refractivity contribution in [2.24, 2.45) is 0 Å². The molecule has 0 saturated carbocycles. The number of nitrogen functional groups attached to an aromatic ring is 1. The van der Waals surface area contributed by atoms with Crippen LogP contribution < -0.4 is 10.6 Å². The molecule has 1 aromatic carbocycles. The minimum absolute atomic E-state index is 0.105. The molecule has 1 heterocycles. The molecule has 2 atom stereocenters. The number of carbonyl (C=O) groups is 1. The largest absolute Gasteiger partial charge is 0.395 e. The van der Waals surface area contributed by atoms with Gasteiger partial charge in [-0.2, -0.15) is 0 Å². The number of benzene rings is 1. The average Bonchev–Trinajstić information content (AvgIpc) is 2.65. The maximum Gasteiger partial charge on any atom is 0.149 e. The van der Waals surface area contributed by atoms with Gasteiger partial charge in [0.1, 0.15) is 12.1 Å². The van der Waals surface area contributed by atoms with Crippen LogP contribution in [0.15, 0.2) is 16.6 Å². The maximum absolute atomic E-state index is 13.6. The van der Waals surface area contributed by atoms with Crippen LogP contribution in [0.1, 0.15) is 19.8 Å². The molecule has 0 spiro atoms. The van der Waals surface area contributed by atoms with Crippen molar-refractivity contribution in [2.75, 3.05) is 10.6 Å². The van der Waals surface area contributed by atoms with Gasteiger partial charge in [-0.25, -0.2) is 4.39 Å². The fourth-order valence-corrected chi connectivity index (χ4v) is 2.77. The Hall–Kier alpha value is -1.10. The summed E-state index contributed by atoms with van der Waals surface area (Å²) in [5, 5.41) is 0. The fraction of sp³-hybridized carbons (Fsp3) is 0.417. The Balaban J connectivity index is 2.48. The molecular formula is C12H14BrFN2O.